The van der Waals surface area contributed by atoms with Crippen molar-refractivity contribution < 1.29 is 32.3 Å². The number of carbonyl (C=O) groups excluding carboxylic acids is 3. The van der Waals surface area contributed by atoms with Gasteiger partial charge in [0, 0.05) is 26.2 Å². The van der Waals surface area contributed by atoms with Crippen molar-refractivity contribution in [2.75, 3.05) is 56.5 Å². The molecule has 0 aliphatic carbocycles. The topological polar surface area (TPSA) is 114 Å². The molecule has 2 amide bonds. The Morgan fingerprint density at radius 3 is 2.41 bits per heavy atom. The maximum Gasteiger partial charge on any atom is 0.326 e. The van der Waals surface area contributed by atoms with Gasteiger partial charge in [-0.2, -0.15) is 0 Å². The van der Waals surface area contributed by atoms with Crippen molar-refractivity contribution >= 4 is 33.5 Å². The third kappa shape index (κ3) is 5.45. The zero-order chi connectivity index (χ0) is 23.7. The fourth-order valence-electron chi connectivity index (χ4n) is 3.69. The van der Waals surface area contributed by atoms with Crippen LogP contribution in [-0.2, 0) is 24.3 Å². The van der Waals surface area contributed by atoms with Gasteiger partial charge < -0.3 is 9.47 Å². The van der Waals surface area contributed by atoms with Crippen LogP contribution in [0.3, 0.4) is 0 Å². The number of hydrogen-bond acceptors (Lipinski definition) is 8. The van der Waals surface area contributed by atoms with Gasteiger partial charge in [0.2, 0.25) is 10.0 Å². The lowest BCUT2D eigenvalue weighted by Crippen LogP contribution is -2.43. The number of esters is 1. The Morgan fingerprint density at radius 2 is 1.81 bits per heavy atom. The summed E-state index contributed by atoms with van der Waals surface area (Å²) in [5.74, 6) is -2.09. The van der Waals surface area contributed by atoms with Gasteiger partial charge in [-0.25, -0.2) is 8.42 Å². The van der Waals surface area contributed by atoms with Crippen molar-refractivity contribution in [2.45, 2.75) is 26.4 Å². The van der Waals surface area contributed by atoms with Crippen LogP contribution in [0.25, 0.3) is 0 Å². The van der Waals surface area contributed by atoms with E-state index in [1.54, 1.807) is 20.8 Å². The SMILES string of the molecule is CC(C)(C)OC(=O)CN1C(=O)c2cccc(N(CCN3CCOCC3)S(C)(=O)=O)c2C1=O. The lowest BCUT2D eigenvalue weighted by Gasteiger charge is -2.30. The molecule has 1 aromatic rings. The van der Waals surface area contributed by atoms with Gasteiger partial charge in [-0.1, -0.05) is 6.07 Å². The summed E-state index contributed by atoms with van der Waals surface area (Å²) in [6.07, 6.45) is 1.06. The predicted octanol–water partition coefficient (Wildman–Crippen LogP) is 0.723. The average Bonchev–Trinajstić information content (AvgIpc) is 2.92. The van der Waals surface area contributed by atoms with Crippen LogP contribution in [0.15, 0.2) is 18.2 Å². The first kappa shape index (κ1) is 24.1. The number of sulfonamides is 1. The van der Waals surface area contributed by atoms with E-state index in [4.69, 9.17) is 9.47 Å². The molecule has 0 atom stereocenters. The van der Waals surface area contributed by atoms with E-state index in [-0.39, 0.29) is 23.4 Å². The smallest absolute Gasteiger partial charge is 0.326 e. The van der Waals surface area contributed by atoms with E-state index >= 15 is 0 Å². The van der Waals surface area contributed by atoms with Crippen molar-refractivity contribution in [1.82, 2.24) is 9.80 Å². The Morgan fingerprint density at radius 1 is 1.16 bits per heavy atom. The largest absolute Gasteiger partial charge is 0.459 e. The van der Waals surface area contributed by atoms with Gasteiger partial charge in [0.05, 0.1) is 36.3 Å². The average molecular weight is 468 g/mol. The third-order valence-corrected chi connectivity index (χ3v) is 6.26. The first-order chi connectivity index (χ1) is 14.9. The normalized spacial score (nSPS) is 17.4. The molecule has 3 rings (SSSR count). The fraction of sp³-hybridized carbons (Fsp3) is 0.571. The number of benzene rings is 1. The number of carbonyl (C=O) groups is 3. The lowest BCUT2D eigenvalue weighted by atomic mass is 10.1. The summed E-state index contributed by atoms with van der Waals surface area (Å²) >= 11 is 0. The fourth-order valence-corrected chi connectivity index (χ4v) is 4.61. The van der Waals surface area contributed by atoms with Crippen LogP contribution >= 0.6 is 0 Å². The molecule has 0 N–H and O–H groups in total. The van der Waals surface area contributed by atoms with E-state index in [0.29, 0.717) is 32.8 Å². The first-order valence-electron chi connectivity index (χ1n) is 10.4. The Bertz CT molecular complexity index is 1010. The van der Waals surface area contributed by atoms with Crippen molar-refractivity contribution in [3.05, 3.63) is 29.3 Å². The van der Waals surface area contributed by atoms with Crippen LogP contribution in [-0.4, -0.2) is 93.8 Å². The summed E-state index contributed by atoms with van der Waals surface area (Å²) in [6.45, 7) is 7.59. The summed E-state index contributed by atoms with van der Waals surface area (Å²) in [5.41, 5.74) is -0.596. The lowest BCUT2D eigenvalue weighted by molar-refractivity contribution is -0.155. The van der Waals surface area contributed by atoms with Crippen LogP contribution in [0.1, 0.15) is 41.5 Å². The number of fused-ring (bicyclic) bond motifs is 1. The molecule has 1 saturated heterocycles. The molecule has 0 aromatic heterocycles. The predicted molar refractivity (Wildman–Crippen MR) is 117 cm³/mol. The molecule has 0 spiro atoms. The van der Waals surface area contributed by atoms with Gasteiger partial charge in [0.15, 0.2) is 0 Å². The molecule has 2 heterocycles. The second kappa shape index (κ2) is 9.16. The Kier molecular flexibility index (Phi) is 6.91. The molecular formula is C21H29N3O7S. The van der Waals surface area contributed by atoms with Crippen LogP contribution in [0.5, 0.6) is 0 Å². The highest BCUT2D eigenvalue weighted by molar-refractivity contribution is 7.92. The molecule has 2 aliphatic rings. The van der Waals surface area contributed by atoms with Gasteiger partial charge in [-0.15, -0.1) is 0 Å². The monoisotopic (exact) mass is 467 g/mol. The second-order valence-corrected chi connectivity index (χ2v) is 10.7. The van der Waals surface area contributed by atoms with Crippen molar-refractivity contribution in [3.63, 3.8) is 0 Å². The quantitative estimate of drug-likeness (QED) is 0.426. The van der Waals surface area contributed by atoms with E-state index in [1.165, 1.54) is 18.2 Å². The van der Waals surface area contributed by atoms with E-state index < -0.39 is 40.0 Å². The van der Waals surface area contributed by atoms with Crippen molar-refractivity contribution in [3.8, 4) is 0 Å². The number of anilines is 1. The van der Waals surface area contributed by atoms with Crippen LogP contribution < -0.4 is 4.31 Å². The summed E-state index contributed by atoms with van der Waals surface area (Å²) in [6, 6.07) is 4.49. The van der Waals surface area contributed by atoms with Crippen LogP contribution in [0.4, 0.5) is 5.69 Å². The highest BCUT2D eigenvalue weighted by atomic mass is 32.2. The molecule has 1 fully saturated rings. The molecule has 2 aliphatic heterocycles. The van der Waals surface area contributed by atoms with Crippen molar-refractivity contribution in [2.24, 2.45) is 0 Å². The Balaban J connectivity index is 1.88. The maximum atomic E-state index is 13.1. The van der Waals surface area contributed by atoms with E-state index in [9.17, 15) is 22.8 Å². The molecule has 32 heavy (non-hydrogen) atoms. The minimum absolute atomic E-state index is 0.0199. The number of ether oxygens (including phenoxy) is 2. The molecule has 11 heteroatoms. The van der Waals surface area contributed by atoms with Crippen molar-refractivity contribution in [1.29, 1.82) is 0 Å². The first-order valence-corrected chi connectivity index (χ1v) is 12.2. The van der Waals surface area contributed by atoms with Gasteiger partial charge >= 0.3 is 5.97 Å². The number of amides is 2. The van der Waals surface area contributed by atoms with Gasteiger partial charge in [0.25, 0.3) is 11.8 Å². The Labute approximate surface area is 188 Å². The van der Waals surface area contributed by atoms with E-state index in [1.807, 2.05) is 0 Å². The van der Waals surface area contributed by atoms with E-state index in [2.05, 4.69) is 4.90 Å². The number of imide groups is 1. The van der Waals surface area contributed by atoms with Gasteiger partial charge in [0.1, 0.15) is 12.1 Å². The summed E-state index contributed by atoms with van der Waals surface area (Å²) in [5, 5.41) is 0. The standard InChI is InChI=1S/C21H29N3O7S/c1-21(2,3)31-17(25)14-23-19(26)15-6-5-7-16(18(15)20(23)27)24(32(4,28)29)9-8-22-10-12-30-13-11-22/h5-7H,8-14H2,1-4H3. The summed E-state index contributed by atoms with van der Waals surface area (Å²) in [4.78, 5) is 41.1. The summed E-state index contributed by atoms with van der Waals surface area (Å²) < 4.78 is 36.9. The minimum atomic E-state index is -3.74. The minimum Gasteiger partial charge on any atom is -0.459 e. The Hall–Kier alpha value is -2.50. The molecule has 0 saturated carbocycles. The highest BCUT2D eigenvalue weighted by Crippen LogP contribution is 2.33. The number of rotatable bonds is 7. The summed E-state index contributed by atoms with van der Waals surface area (Å²) in [7, 11) is -3.74. The third-order valence-electron chi connectivity index (χ3n) is 5.08. The number of hydrogen-bond donors (Lipinski definition) is 0. The molecule has 176 valence electrons. The van der Waals surface area contributed by atoms with Crippen LogP contribution in [0, 0.1) is 0 Å². The van der Waals surface area contributed by atoms with Gasteiger partial charge in [-0.05, 0) is 32.9 Å². The number of morpholine rings is 1. The second-order valence-electron chi connectivity index (χ2n) is 8.77. The molecule has 10 nitrogen and oxygen atoms in total. The number of nitrogens with zero attached hydrogens (tertiary/aromatic N) is 3. The maximum absolute atomic E-state index is 13.1. The molecule has 0 unspecified atom stereocenters. The molecule has 1 aromatic carbocycles. The molecule has 0 bridgehead atoms. The zero-order valence-electron chi connectivity index (χ0n) is 18.8. The highest BCUT2D eigenvalue weighted by Gasteiger charge is 2.41. The van der Waals surface area contributed by atoms with E-state index in [0.717, 1.165) is 15.5 Å². The molecule has 0 radical (unpaired) electrons. The molecular weight excluding hydrogens is 438 g/mol. The van der Waals surface area contributed by atoms with Gasteiger partial charge in [-0.3, -0.25) is 28.5 Å². The zero-order valence-corrected chi connectivity index (χ0v) is 19.6. The van der Waals surface area contributed by atoms with Crippen LogP contribution in [0.2, 0.25) is 0 Å².